The zero-order valence-electron chi connectivity index (χ0n) is 51.1. The maximum atomic E-state index is 9.27. The summed E-state index contributed by atoms with van der Waals surface area (Å²) in [6.45, 7) is 17.1. The average Bonchev–Trinajstić information content (AvgIpc) is 3.31. The third kappa shape index (κ3) is 106. The molecule has 0 spiro atoms. The van der Waals surface area contributed by atoms with Gasteiger partial charge in [-0.1, -0.05) is 20.8 Å². The smallest absolute Gasteiger partial charge is 0.0771 e. The molecule has 0 rings (SSSR count). The van der Waals surface area contributed by atoms with E-state index >= 15 is 0 Å². The normalized spacial score (nSPS) is 11.8. The van der Waals surface area contributed by atoms with Gasteiger partial charge in [0, 0.05) is 508 Å². The van der Waals surface area contributed by atoms with Crippen molar-refractivity contribution >= 4 is 0 Å². The number of aliphatic hydroxyl groups is 14. The quantitative estimate of drug-likeness (QED) is 0.0287. The summed E-state index contributed by atoms with van der Waals surface area (Å²) in [6, 6.07) is 0. The van der Waals surface area contributed by atoms with Crippen molar-refractivity contribution in [1.29, 1.82) is 0 Å². The molecule has 0 saturated heterocycles. The molecule has 0 aliphatic rings. The van der Waals surface area contributed by atoms with Gasteiger partial charge in [-0.2, -0.15) is 0 Å². The van der Waals surface area contributed by atoms with E-state index in [4.69, 9.17) is 89.3 Å². The van der Waals surface area contributed by atoms with Crippen molar-refractivity contribution in [2.45, 2.75) is 104 Å². The van der Waals surface area contributed by atoms with Crippen molar-refractivity contribution in [3.05, 3.63) is 0 Å². The molecule has 0 aliphatic carbocycles. The summed E-state index contributed by atoms with van der Waals surface area (Å²) in [6.07, 6.45) is 2.20. The third-order valence-electron chi connectivity index (χ3n) is 10.0. The van der Waals surface area contributed by atoms with Gasteiger partial charge in [0.1, 0.15) is 0 Å². The summed E-state index contributed by atoms with van der Waals surface area (Å²) in [5.41, 5.74) is -1.09. The molecule has 0 amide bonds. The first kappa shape index (κ1) is 147. The third-order valence-corrected chi connectivity index (χ3v) is 10.0. The maximum Gasteiger partial charge on any atom is 0.0771 e. The number of ether oxygens (including phenoxy) is 7. The van der Waals surface area contributed by atoms with Gasteiger partial charge in [0.05, 0.1) is 170 Å². The summed E-state index contributed by atoms with van der Waals surface area (Å²) < 4.78 is 37.6. The van der Waals surface area contributed by atoms with Crippen LogP contribution in [0.25, 0.3) is 0 Å². The molecule has 0 aromatic carbocycles. The van der Waals surface area contributed by atoms with Crippen molar-refractivity contribution in [2.75, 3.05) is 179 Å². The number of hydrogen-bond acceptors (Lipinski definition) is 22. The van der Waals surface area contributed by atoms with Crippen LogP contribution >= 0.6 is 0 Å². The van der Waals surface area contributed by atoms with Gasteiger partial charge < -0.3 is 105 Å². The van der Waals surface area contributed by atoms with Gasteiger partial charge in [-0.05, 0) is 59.3 Å². The van der Waals surface area contributed by atoms with E-state index in [0.29, 0.717) is 78.7 Å². The molecule has 14 N–H and O–H groups in total. The molecule has 0 heterocycles. The first-order valence-electron chi connectivity index (χ1n) is 23.9. The van der Waals surface area contributed by atoms with Crippen LogP contribution in [0.2, 0.25) is 0 Å². The van der Waals surface area contributed by atoms with E-state index in [2.05, 4.69) is 0 Å². The first-order chi connectivity index (χ1) is 32.4. The summed E-state index contributed by atoms with van der Waals surface area (Å²) >= 11 is 0. The molecule has 0 saturated carbocycles. The molecule has 0 aliphatic heterocycles. The van der Waals surface area contributed by atoms with E-state index in [0.717, 1.165) is 25.7 Å². The second kappa shape index (κ2) is 114. The minimum atomic E-state index is -0.600. The van der Waals surface area contributed by atoms with Gasteiger partial charge in [-0.3, -0.25) is 4.90 Å². The summed E-state index contributed by atoms with van der Waals surface area (Å²) in [5, 5.41) is 123. The Morgan fingerprint density at radius 2 is 0.622 bits per heavy atom. The van der Waals surface area contributed by atoms with Crippen molar-refractivity contribution in [3.8, 4) is 0 Å². The Hall–Kier alpha value is 14.6. The van der Waals surface area contributed by atoms with Crippen LogP contribution in [0.1, 0.15) is 80.1 Å². The standard InChI is InChI=1S/C15H32O6.C12H26O6.C7H16O3.C6H15NO3.C6H14O3.14Y/c1-5-15(9-19-6-12(2)16,10-20-7-13(3)17)11-21-8-14(4)18;1-2-12(9-16-6-3-13,10-17-7-4-14)11-18-8-5-15;1-3-7(4-8,5-9)6-10-2;8-4-1-7(2-5-9)3-6-10;7-4-2-1-3-6(9)5-8;;;;;;;;;;;;;;/h12-14,16-18H,5-11H2,1-4H3;13-15H,2-11H2,1H3;8-9H,3-6H2,1-2H3;8-10H,1-6H2;6-9H,1-5H2;;;;;;;;;;;;;;. The summed E-state index contributed by atoms with van der Waals surface area (Å²) in [7, 11) is 1.57. The summed E-state index contributed by atoms with van der Waals surface area (Å²) in [4.78, 5) is 1.79. The monoisotopic (exact) mass is 2250 g/mol. The van der Waals surface area contributed by atoms with Crippen molar-refractivity contribution in [2.24, 2.45) is 16.2 Å². The molecule has 0 aromatic rings. The Labute approximate surface area is 847 Å². The first-order valence-corrected chi connectivity index (χ1v) is 23.9. The maximum absolute atomic E-state index is 9.27. The van der Waals surface area contributed by atoms with E-state index in [-0.39, 0.29) is 574 Å². The van der Waals surface area contributed by atoms with Gasteiger partial charge >= 0.3 is 0 Å². The molecule has 4 unspecified atom stereocenters. The predicted octanol–water partition coefficient (Wildman–Crippen LogP) is -2.27. The Balaban J connectivity index is -0.0000000353. The second-order valence-corrected chi connectivity index (χ2v) is 16.8. The van der Waals surface area contributed by atoms with E-state index in [1.807, 2.05) is 20.8 Å². The van der Waals surface area contributed by atoms with Gasteiger partial charge in [0.2, 0.25) is 0 Å². The molecule has 4 atom stereocenters. The summed E-state index contributed by atoms with van der Waals surface area (Å²) in [5.74, 6) is 0. The van der Waals surface area contributed by atoms with Gasteiger partial charge in [-0.25, -0.2) is 0 Å². The van der Waals surface area contributed by atoms with Crippen LogP contribution in [-0.2, 0) is 491 Å². The van der Waals surface area contributed by atoms with Crippen LogP contribution in [0.3, 0.4) is 0 Å². The molecule has 0 bridgehead atoms. The van der Waals surface area contributed by atoms with Crippen LogP contribution in [-0.4, -0.2) is 280 Å². The zero-order chi connectivity index (χ0) is 53.0. The molecule has 22 nitrogen and oxygen atoms in total. The van der Waals surface area contributed by atoms with Gasteiger partial charge in [-0.15, -0.1) is 0 Å². The second-order valence-electron chi connectivity index (χ2n) is 16.8. The molecule has 82 heavy (non-hydrogen) atoms. The predicted molar refractivity (Wildman–Crippen MR) is 257 cm³/mol. The number of hydrogen-bond donors (Lipinski definition) is 14. The fourth-order valence-electron chi connectivity index (χ4n) is 5.38. The van der Waals surface area contributed by atoms with Crippen LogP contribution in [0.5, 0.6) is 0 Å². The molecule has 460 valence electrons. The SMILES string of the molecule is CCC(CO)(CO)COC.CCC(COCC(C)O)(COCC(C)O)COCC(C)O.CCC(COCCO)(COCCO)COCCO.OCCCCC(O)CO.OCCN(CCO)CCO.[Y].[Y].[Y].[Y].[Y].[Y].[Y].[Y].[Y].[Y].[Y].[Y].[Y].[Y]. The van der Waals surface area contributed by atoms with Gasteiger partial charge in [0.15, 0.2) is 0 Å². The molecule has 14 radical (unpaired) electrons. The number of rotatable bonds is 42. The minimum Gasteiger partial charge on any atom is -0.396 e. The van der Waals surface area contributed by atoms with E-state index < -0.39 is 29.8 Å². The molecular weight excluding hydrogens is 2150 g/mol. The molecular formula is C46H103NO21Y14. The van der Waals surface area contributed by atoms with Crippen LogP contribution in [0.15, 0.2) is 0 Å². The molecule has 36 heteroatoms. The number of aliphatic hydroxyl groups excluding tert-OH is 14. The minimum absolute atomic E-state index is 0. The van der Waals surface area contributed by atoms with Crippen LogP contribution in [0.4, 0.5) is 0 Å². The molecule has 0 fully saturated rings. The van der Waals surface area contributed by atoms with E-state index in [1.54, 1.807) is 32.8 Å². The van der Waals surface area contributed by atoms with Crippen molar-refractivity contribution in [3.63, 3.8) is 0 Å². The van der Waals surface area contributed by atoms with Crippen molar-refractivity contribution in [1.82, 2.24) is 4.90 Å². The Morgan fingerprint density at radius 3 is 0.793 bits per heavy atom. The zero-order valence-corrected chi connectivity index (χ0v) is 90.8. The fraction of sp³-hybridized carbons (Fsp3) is 1.00. The Morgan fingerprint density at radius 1 is 0.354 bits per heavy atom. The largest absolute Gasteiger partial charge is 0.396 e. The van der Waals surface area contributed by atoms with E-state index in [1.165, 1.54) is 0 Å². The number of unbranched alkanes of at least 4 members (excludes halogenated alkanes) is 1. The average molecular weight is 2250 g/mol. The number of nitrogens with zero attached hydrogens (tertiary/aromatic N) is 1. The van der Waals surface area contributed by atoms with Gasteiger partial charge in [0.25, 0.3) is 0 Å². The van der Waals surface area contributed by atoms with E-state index in [9.17, 15) is 15.3 Å². The van der Waals surface area contributed by atoms with Crippen LogP contribution < -0.4 is 0 Å². The Kier molecular flexibility index (Phi) is 204. The van der Waals surface area contributed by atoms with Crippen molar-refractivity contribution < 1.29 is 563 Å². The topological polar surface area (TPSA) is 351 Å². The Bertz CT molecular complexity index is 909. The fourth-order valence-corrected chi connectivity index (χ4v) is 5.38. The van der Waals surface area contributed by atoms with Crippen LogP contribution in [0, 0.1) is 16.2 Å². The molecule has 0 aromatic heterocycles. The number of methoxy groups -OCH3 is 1.